The molecule has 2 aromatic heterocycles. The lowest BCUT2D eigenvalue weighted by atomic mass is 10.0. The highest BCUT2D eigenvalue weighted by molar-refractivity contribution is 6.30. The number of anilines is 1. The van der Waals surface area contributed by atoms with E-state index in [0.29, 0.717) is 29.4 Å². The normalized spacial score (nSPS) is 12.4. The molecule has 3 rings (SSSR count). The van der Waals surface area contributed by atoms with Crippen molar-refractivity contribution in [3.8, 4) is 0 Å². The number of hydrogen-bond donors (Lipinski definition) is 1. The molecule has 2 heterocycles. The molecule has 28 heavy (non-hydrogen) atoms. The standard InChI is InChI=1S/C20H22ClFN4O2/c1-11(2)12(3)24-18-15(9-13-6-5-7-14(22)8-13)17(21)25-19-16(20(27)28-4)10-23-26(18)19/h5-8,10-12,24H,9H2,1-4H3. The Kier molecular flexibility index (Phi) is 5.84. The van der Waals surface area contributed by atoms with Gasteiger partial charge in [-0.3, -0.25) is 0 Å². The molecule has 0 amide bonds. The van der Waals surface area contributed by atoms with Crippen LogP contribution in [0.25, 0.3) is 5.65 Å². The summed E-state index contributed by atoms with van der Waals surface area (Å²) in [5, 5.41) is 7.97. The third-order valence-corrected chi connectivity index (χ3v) is 5.05. The van der Waals surface area contributed by atoms with Gasteiger partial charge in [0.2, 0.25) is 0 Å². The van der Waals surface area contributed by atoms with Crippen LogP contribution in [0.2, 0.25) is 5.15 Å². The number of benzene rings is 1. The van der Waals surface area contributed by atoms with Crippen LogP contribution in [0.3, 0.4) is 0 Å². The summed E-state index contributed by atoms with van der Waals surface area (Å²) in [6.07, 6.45) is 1.77. The van der Waals surface area contributed by atoms with Gasteiger partial charge >= 0.3 is 5.97 Å². The van der Waals surface area contributed by atoms with Crippen LogP contribution in [0.5, 0.6) is 0 Å². The lowest BCUT2D eigenvalue weighted by molar-refractivity contribution is 0.0602. The number of nitrogens with zero attached hydrogens (tertiary/aromatic N) is 3. The summed E-state index contributed by atoms with van der Waals surface area (Å²) in [5.41, 5.74) is 1.95. The van der Waals surface area contributed by atoms with Crippen molar-refractivity contribution in [2.45, 2.75) is 33.2 Å². The molecule has 0 spiro atoms. The highest BCUT2D eigenvalue weighted by atomic mass is 35.5. The van der Waals surface area contributed by atoms with E-state index in [1.165, 1.54) is 25.4 Å². The fraction of sp³-hybridized carbons (Fsp3) is 0.350. The molecule has 0 radical (unpaired) electrons. The van der Waals surface area contributed by atoms with Gasteiger partial charge in [0.15, 0.2) is 5.65 Å². The van der Waals surface area contributed by atoms with E-state index in [1.807, 2.05) is 13.0 Å². The second-order valence-electron chi connectivity index (χ2n) is 7.00. The number of nitrogens with one attached hydrogen (secondary N) is 1. The molecule has 1 aromatic carbocycles. The van der Waals surface area contributed by atoms with Crippen molar-refractivity contribution >= 4 is 29.0 Å². The predicted molar refractivity (Wildman–Crippen MR) is 106 cm³/mol. The molecule has 0 aliphatic carbocycles. The van der Waals surface area contributed by atoms with Crippen molar-refractivity contribution in [1.29, 1.82) is 0 Å². The summed E-state index contributed by atoms with van der Waals surface area (Å²) < 4.78 is 20.0. The van der Waals surface area contributed by atoms with Gasteiger partial charge in [0.1, 0.15) is 22.4 Å². The predicted octanol–water partition coefficient (Wildman–Crippen LogP) is 4.36. The molecule has 0 saturated heterocycles. The van der Waals surface area contributed by atoms with Gasteiger partial charge in [0, 0.05) is 18.0 Å². The van der Waals surface area contributed by atoms with Crippen LogP contribution in [0.1, 0.15) is 42.3 Å². The van der Waals surface area contributed by atoms with Crippen molar-refractivity contribution in [2.75, 3.05) is 12.4 Å². The number of aromatic nitrogens is 3. The SMILES string of the molecule is COC(=O)c1cnn2c(NC(C)C(C)C)c(Cc3cccc(F)c3)c(Cl)nc12. The number of ether oxygens (including phenoxy) is 1. The van der Waals surface area contributed by atoms with Gasteiger partial charge in [-0.1, -0.05) is 37.6 Å². The van der Waals surface area contributed by atoms with E-state index in [9.17, 15) is 9.18 Å². The third kappa shape index (κ3) is 3.94. The monoisotopic (exact) mass is 404 g/mol. The summed E-state index contributed by atoms with van der Waals surface area (Å²) >= 11 is 6.50. The molecule has 8 heteroatoms. The molecule has 0 aliphatic rings. The summed E-state index contributed by atoms with van der Waals surface area (Å²) in [4.78, 5) is 16.4. The highest BCUT2D eigenvalue weighted by Crippen LogP contribution is 2.29. The number of rotatable bonds is 6. The molecule has 1 unspecified atom stereocenters. The van der Waals surface area contributed by atoms with E-state index in [-0.39, 0.29) is 22.6 Å². The number of hydrogen-bond acceptors (Lipinski definition) is 5. The Bertz CT molecular complexity index is 1020. The van der Waals surface area contributed by atoms with E-state index in [1.54, 1.807) is 10.6 Å². The van der Waals surface area contributed by atoms with Gasteiger partial charge in [-0.25, -0.2) is 14.2 Å². The van der Waals surface area contributed by atoms with Crippen LogP contribution in [-0.4, -0.2) is 33.7 Å². The zero-order valence-corrected chi connectivity index (χ0v) is 16.9. The Morgan fingerprint density at radius 1 is 1.36 bits per heavy atom. The van der Waals surface area contributed by atoms with Gasteiger partial charge in [-0.05, 0) is 30.5 Å². The third-order valence-electron chi connectivity index (χ3n) is 4.73. The smallest absolute Gasteiger partial charge is 0.343 e. The zero-order valence-electron chi connectivity index (χ0n) is 16.2. The molecule has 0 fully saturated rings. The summed E-state index contributed by atoms with van der Waals surface area (Å²) in [5.74, 6) is 0.0920. The number of carbonyl (C=O) groups excluding carboxylic acids is 1. The highest BCUT2D eigenvalue weighted by Gasteiger charge is 2.23. The summed E-state index contributed by atoms with van der Waals surface area (Å²) in [6, 6.07) is 6.42. The van der Waals surface area contributed by atoms with Crippen LogP contribution in [0, 0.1) is 11.7 Å². The van der Waals surface area contributed by atoms with Crippen molar-refractivity contribution in [3.05, 3.63) is 58.1 Å². The van der Waals surface area contributed by atoms with Crippen LogP contribution >= 0.6 is 11.6 Å². The average molecular weight is 405 g/mol. The van der Waals surface area contributed by atoms with Gasteiger partial charge < -0.3 is 10.1 Å². The van der Waals surface area contributed by atoms with Crippen LogP contribution in [-0.2, 0) is 11.2 Å². The average Bonchev–Trinajstić information content (AvgIpc) is 3.07. The fourth-order valence-electron chi connectivity index (χ4n) is 2.79. The van der Waals surface area contributed by atoms with Crippen molar-refractivity contribution < 1.29 is 13.9 Å². The topological polar surface area (TPSA) is 68.5 Å². The lowest BCUT2D eigenvalue weighted by Gasteiger charge is -2.22. The molecule has 1 atom stereocenters. The summed E-state index contributed by atoms with van der Waals surface area (Å²) in [6.45, 7) is 6.22. The van der Waals surface area contributed by atoms with Crippen molar-refractivity contribution in [2.24, 2.45) is 5.92 Å². The molecular formula is C20H22ClFN4O2. The largest absolute Gasteiger partial charge is 0.465 e. The van der Waals surface area contributed by atoms with Crippen LogP contribution < -0.4 is 5.32 Å². The molecule has 0 aliphatic heterocycles. The molecule has 0 saturated carbocycles. The summed E-state index contributed by atoms with van der Waals surface area (Å²) in [7, 11) is 1.30. The quantitative estimate of drug-likeness (QED) is 0.488. The van der Waals surface area contributed by atoms with E-state index >= 15 is 0 Å². The minimum absolute atomic E-state index is 0.0960. The zero-order chi connectivity index (χ0) is 20.4. The molecule has 0 bridgehead atoms. The van der Waals surface area contributed by atoms with E-state index in [0.717, 1.165) is 5.56 Å². The molecule has 3 aromatic rings. The van der Waals surface area contributed by atoms with E-state index < -0.39 is 5.97 Å². The second kappa shape index (κ2) is 8.14. The minimum Gasteiger partial charge on any atom is -0.465 e. The maximum absolute atomic E-state index is 13.6. The van der Waals surface area contributed by atoms with Gasteiger partial charge in [-0.2, -0.15) is 9.61 Å². The second-order valence-corrected chi connectivity index (χ2v) is 7.36. The first-order valence-electron chi connectivity index (χ1n) is 8.97. The minimum atomic E-state index is -0.542. The first-order chi connectivity index (χ1) is 13.3. The Labute approximate surface area is 167 Å². The number of esters is 1. The van der Waals surface area contributed by atoms with E-state index in [2.05, 4.69) is 29.2 Å². The number of methoxy groups -OCH3 is 1. The molecule has 1 N–H and O–H groups in total. The first-order valence-corrected chi connectivity index (χ1v) is 9.35. The first kappa shape index (κ1) is 20.1. The maximum Gasteiger partial charge on any atom is 0.343 e. The van der Waals surface area contributed by atoms with Crippen LogP contribution in [0.4, 0.5) is 10.2 Å². The fourth-order valence-corrected chi connectivity index (χ4v) is 3.03. The van der Waals surface area contributed by atoms with Gasteiger partial charge in [-0.15, -0.1) is 0 Å². The number of carbonyl (C=O) groups is 1. The Hall–Kier alpha value is -2.67. The Morgan fingerprint density at radius 3 is 2.75 bits per heavy atom. The Morgan fingerprint density at radius 2 is 2.11 bits per heavy atom. The molecule has 6 nitrogen and oxygen atoms in total. The molecular weight excluding hydrogens is 383 g/mol. The van der Waals surface area contributed by atoms with Crippen molar-refractivity contribution in [1.82, 2.24) is 14.6 Å². The van der Waals surface area contributed by atoms with Crippen molar-refractivity contribution in [3.63, 3.8) is 0 Å². The lowest BCUT2D eigenvalue weighted by Crippen LogP contribution is -2.24. The number of fused-ring (bicyclic) bond motifs is 1. The van der Waals surface area contributed by atoms with E-state index in [4.69, 9.17) is 16.3 Å². The van der Waals surface area contributed by atoms with Gasteiger partial charge in [0.25, 0.3) is 0 Å². The Balaban J connectivity index is 2.18. The maximum atomic E-state index is 13.6. The van der Waals surface area contributed by atoms with Gasteiger partial charge in [0.05, 0.1) is 13.3 Å². The van der Waals surface area contributed by atoms with Crippen LogP contribution in [0.15, 0.2) is 30.5 Å². The molecule has 148 valence electrons. The number of halogens is 2.